The van der Waals surface area contributed by atoms with Gasteiger partial charge in [0.1, 0.15) is 6.54 Å². The summed E-state index contributed by atoms with van der Waals surface area (Å²) in [7, 11) is 0. The second-order valence-corrected chi connectivity index (χ2v) is 5.61. The summed E-state index contributed by atoms with van der Waals surface area (Å²) in [6, 6.07) is 17.5. The summed E-state index contributed by atoms with van der Waals surface area (Å²) < 4.78 is 2.60. The van der Waals surface area contributed by atoms with Gasteiger partial charge < -0.3 is 5.43 Å². The molecule has 1 aromatic heterocycles. The van der Waals surface area contributed by atoms with Gasteiger partial charge in [0.25, 0.3) is 5.91 Å². The van der Waals surface area contributed by atoms with Crippen molar-refractivity contribution >= 4 is 39.0 Å². The molecule has 0 saturated carbocycles. The molecule has 0 radical (unpaired) electrons. The molecule has 0 atom stereocenters. The Balaban J connectivity index is 1.64. The molecule has 1 N–H and O–H groups in total. The Morgan fingerprint density at radius 2 is 1.91 bits per heavy atom. The normalized spacial score (nSPS) is 11.1. The van der Waals surface area contributed by atoms with Gasteiger partial charge in [0.15, 0.2) is 0 Å². The van der Waals surface area contributed by atoms with E-state index in [0.717, 1.165) is 20.9 Å². The van der Waals surface area contributed by atoms with Crippen LogP contribution in [0.2, 0.25) is 0 Å². The van der Waals surface area contributed by atoms with Crippen molar-refractivity contribution in [2.75, 3.05) is 6.54 Å². The lowest BCUT2D eigenvalue weighted by atomic mass is 10.2. The number of carbonyl (C=O) groups excluding carboxylic acids is 1. The van der Waals surface area contributed by atoms with Crippen molar-refractivity contribution in [1.82, 2.24) is 9.99 Å². The first-order chi connectivity index (χ1) is 10.8. The van der Waals surface area contributed by atoms with Crippen LogP contribution in [-0.4, -0.2) is 23.2 Å². The van der Waals surface area contributed by atoms with Gasteiger partial charge in [-0.25, -0.2) is 0 Å². The number of para-hydroxylation sites is 1. The molecule has 0 spiro atoms. The molecule has 4 nitrogen and oxygen atoms in total. The lowest BCUT2D eigenvalue weighted by molar-refractivity contribution is 0.0918. The predicted molar refractivity (Wildman–Crippen MR) is 92.3 cm³/mol. The first-order valence-electron chi connectivity index (χ1n) is 6.85. The van der Waals surface area contributed by atoms with Crippen LogP contribution >= 0.6 is 15.9 Å². The fraction of sp³-hybridized carbons (Fsp3) is 0.0588. The lowest BCUT2D eigenvalue weighted by Crippen LogP contribution is -2.23. The average Bonchev–Trinajstić information content (AvgIpc) is 2.97. The van der Waals surface area contributed by atoms with Crippen LogP contribution in [0.3, 0.4) is 0 Å². The van der Waals surface area contributed by atoms with E-state index in [2.05, 4.69) is 26.5 Å². The first kappa shape index (κ1) is 14.5. The zero-order valence-electron chi connectivity index (χ0n) is 11.7. The van der Waals surface area contributed by atoms with Crippen molar-refractivity contribution in [2.24, 2.45) is 5.10 Å². The van der Waals surface area contributed by atoms with Gasteiger partial charge in [-0.2, -0.15) is 5.10 Å². The maximum absolute atomic E-state index is 12.2. The Kier molecular flexibility index (Phi) is 4.34. The van der Waals surface area contributed by atoms with Crippen molar-refractivity contribution in [2.45, 2.75) is 0 Å². The predicted octanol–water partition coefficient (Wildman–Crippen LogP) is 3.67. The molecule has 2 aromatic carbocycles. The molecule has 0 aliphatic carbocycles. The number of hydrogen-bond acceptors (Lipinski definition) is 3. The quantitative estimate of drug-likeness (QED) is 0.573. The van der Waals surface area contributed by atoms with Crippen molar-refractivity contribution in [3.63, 3.8) is 0 Å². The summed E-state index contributed by atoms with van der Waals surface area (Å²) in [5.74, 6) is -0.0505. The van der Waals surface area contributed by atoms with Gasteiger partial charge in [0.2, 0.25) is 0 Å². The molecule has 22 heavy (non-hydrogen) atoms. The van der Waals surface area contributed by atoms with Gasteiger partial charge in [-0.05, 0) is 18.2 Å². The molecular weight excluding hydrogens is 342 g/mol. The molecule has 0 amide bonds. The number of hydrazone groups is 1. The average molecular weight is 356 g/mol. The number of aromatic nitrogens is 1. The second kappa shape index (κ2) is 6.58. The molecule has 0 aliphatic heterocycles. The van der Waals surface area contributed by atoms with E-state index in [1.807, 2.05) is 54.6 Å². The fourth-order valence-corrected chi connectivity index (χ4v) is 2.58. The van der Waals surface area contributed by atoms with E-state index >= 15 is 0 Å². The maximum atomic E-state index is 12.2. The van der Waals surface area contributed by atoms with E-state index < -0.39 is 0 Å². The molecule has 0 saturated heterocycles. The van der Waals surface area contributed by atoms with Crippen LogP contribution in [0.4, 0.5) is 0 Å². The number of halogens is 1. The molecule has 3 aromatic rings. The largest absolute Gasteiger partial charge is 0.301 e. The van der Waals surface area contributed by atoms with Crippen LogP contribution in [0.25, 0.3) is 10.9 Å². The smallest absolute Gasteiger partial charge is 0.252 e. The van der Waals surface area contributed by atoms with Crippen LogP contribution in [0.15, 0.2) is 70.4 Å². The molecule has 5 heteroatoms. The zero-order valence-corrected chi connectivity index (χ0v) is 13.3. The van der Waals surface area contributed by atoms with Crippen LogP contribution in [0.5, 0.6) is 0 Å². The summed E-state index contributed by atoms with van der Waals surface area (Å²) >= 11 is 3.45. The van der Waals surface area contributed by atoms with Gasteiger partial charge in [0.05, 0.1) is 11.7 Å². The molecule has 3 rings (SSSR count). The van der Waals surface area contributed by atoms with Crippen molar-refractivity contribution in [3.8, 4) is 0 Å². The Morgan fingerprint density at radius 3 is 2.77 bits per heavy atom. The summed E-state index contributed by atoms with van der Waals surface area (Å²) in [4.78, 5) is 12.2. The van der Waals surface area contributed by atoms with Crippen LogP contribution in [0.1, 0.15) is 10.4 Å². The third-order valence-corrected chi connectivity index (χ3v) is 4.02. The van der Waals surface area contributed by atoms with Crippen LogP contribution < -0.4 is 5.43 Å². The Hall–Kier alpha value is -2.40. The highest BCUT2D eigenvalue weighted by molar-refractivity contribution is 9.10. The molecular formula is C17H14BrN3O. The SMILES string of the molecule is O=C(CN/N=C/c1ccccc1Br)n1ccc2ccccc21. The van der Waals surface area contributed by atoms with E-state index in [1.54, 1.807) is 17.0 Å². The summed E-state index contributed by atoms with van der Waals surface area (Å²) in [5, 5.41) is 5.14. The van der Waals surface area contributed by atoms with Crippen LogP contribution in [-0.2, 0) is 0 Å². The van der Waals surface area contributed by atoms with E-state index in [1.165, 1.54) is 0 Å². The van der Waals surface area contributed by atoms with E-state index in [0.29, 0.717) is 0 Å². The minimum atomic E-state index is -0.0505. The van der Waals surface area contributed by atoms with Gasteiger partial charge >= 0.3 is 0 Å². The standard InChI is InChI=1S/C17H14BrN3O/c18-15-7-3-1-6-14(15)11-19-20-12-17(22)21-10-9-13-5-2-4-8-16(13)21/h1-11,20H,12H2/b19-11+. The van der Waals surface area contributed by atoms with E-state index in [9.17, 15) is 4.79 Å². The number of nitrogens with one attached hydrogen (secondary N) is 1. The van der Waals surface area contributed by atoms with Gasteiger partial charge in [0, 0.05) is 21.6 Å². The Labute approximate surface area is 136 Å². The Morgan fingerprint density at radius 1 is 1.14 bits per heavy atom. The maximum Gasteiger partial charge on any atom is 0.252 e. The minimum absolute atomic E-state index is 0.0505. The number of fused-ring (bicyclic) bond motifs is 1. The third-order valence-electron chi connectivity index (χ3n) is 3.30. The van der Waals surface area contributed by atoms with E-state index in [-0.39, 0.29) is 12.5 Å². The molecule has 0 unspecified atom stereocenters. The highest BCUT2D eigenvalue weighted by Crippen LogP contribution is 2.15. The lowest BCUT2D eigenvalue weighted by Gasteiger charge is -2.04. The molecule has 0 bridgehead atoms. The number of benzene rings is 2. The third kappa shape index (κ3) is 3.09. The van der Waals surface area contributed by atoms with Gasteiger partial charge in [-0.15, -0.1) is 0 Å². The highest BCUT2D eigenvalue weighted by atomic mass is 79.9. The number of carbonyl (C=O) groups is 1. The summed E-state index contributed by atoms with van der Waals surface area (Å²) in [5.41, 5.74) is 4.65. The molecule has 1 heterocycles. The second-order valence-electron chi connectivity index (χ2n) is 4.75. The van der Waals surface area contributed by atoms with Crippen molar-refractivity contribution in [3.05, 3.63) is 70.8 Å². The van der Waals surface area contributed by atoms with Crippen molar-refractivity contribution in [1.29, 1.82) is 0 Å². The van der Waals surface area contributed by atoms with Crippen LogP contribution in [0, 0.1) is 0 Å². The van der Waals surface area contributed by atoms with Gasteiger partial charge in [-0.3, -0.25) is 9.36 Å². The molecule has 0 aliphatic rings. The first-order valence-corrected chi connectivity index (χ1v) is 7.65. The zero-order chi connectivity index (χ0) is 15.4. The monoisotopic (exact) mass is 355 g/mol. The van der Waals surface area contributed by atoms with Gasteiger partial charge in [-0.1, -0.05) is 52.3 Å². The number of rotatable bonds is 4. The van der Waals surface area contributed by atoms with E-state index in [4.69, 9.17) is 0 Å². The summed E-state index contributed by atoms with van der Waals surface area (Å²) in [6.07, 6.45) is 3.47. The highest BCUT2D eigenvalue weighted by Gasteiger charge is 2.07. The Bertz CT molecular complexity index is 839. The molecule has 110 valence electrons. The summed E-state index contributed by atoms with van der Waals surface area (Å²) in [6.45, 7) is 0.139. The van der Waals surface area contributed by atoms with Crippen molar-refractivity contribution < 1.29 is 4.79 Å². The minimum Gasteiger partial charge on any atom is -0.301 e. The fourth-order valence-electron chi connectivity index (χ4n) is 2.19. The topological polar surface area (TPSA) is 46.4 Å². The molecule has 0 fully saturated rings. The number of nitrogens with zero attached hydrogens (tertiary/aromatic N) is 2. The number of hydrogen-bond donors (Lipinski definition) is 1.